The summed E-state index contributed by atoms with van der Waals surface area (Å²) in [5, 5.41) is 9.33. The third kappa shape index (κ3) is 3.98. The lowest BCUT2D eigenvalue weighted by atomic mass is 10.0. The molecule has 0 heterocycles. The van der Waals surface area contributed by atoms with Gasteiger partial charge in [-0.3, -0.25) is 0 Å². The van der Waals surface area contributed by atoms with Gasteiger partial charge in [-0.05, 0) is 37.7 Å². The Bertz CT molecular complexity index is 260. The predicted octanol–water partition coefficient (Wildman–Crippen LogP) is 3.95. The van der Waals surface area contributed by atoms with Crippen LogP contribution in [0.25, 0.3) is 0 Å². The molecular weight excluding hydrogens is 188 g/mol. The molecule has 2 nitrogen and oxygen atoms in total. The monoisotopic (exact) mass is 210 g/mol. The summed E-state index contributed by atoms with van der Waals surface area (Å²) in [4.78, 5) is 0. The normalized spacial score (nSPS) is 20.3. The van der Waals surface area contributed by atoms with Crippen LogP contribution in [0.4, 0.5) is 0 Å². The van der Waals surface area contributed by atoms with Crippen molar-refractivity contribution in [2.75, 3.05) is 6.61 Å². The second-order valence-electron chi connectivity index (χ2n) is 4.03. The van der Waals surface area contributed by atoms with E-state index in [4.69, 9.17) is 4.74 Å². The summed E-state index contributed by atoms with van der Waals surface area (Å²) in [5.41, 5.74) is 1.26. The lowest BCUT2D eigenvalue weighted by molar-refractivity contribution is 0.201. The first-order valence-corrected chi connectivity index (χ1v) is 5.98. The number of hydrogen-bond acceptors (Lipinski definition) is 2. The van der Waals surface area contributed by atoms with E-state index >= 15 is 0 Å². The van der Waals surface area contributed by atoms with Crippen LogP contribution in [0.5, 0.6) is 0 Å². The second-order valence-corrected chi connectivity index (χ2v) is 4.03. The van der Waals surface area contributed by atoms with Gasteiger partial charge in [-0.15, -0.1) is 0 Å². The molecule has 0 amide bonds. The lowest BCUT2D eigenvalue weighted by Gasteiger charge is -2.15. The van der Waals surface area contributed by atoms with Crippen molar-refractivity contribution in [1.82, 2.24) is 0 Å². The Balaban J connectivity index is 0.000000531. The maximum atomic E-state index is 9.33. The molecular formula is C13H22O2. The molecule has 0 aromatic carbocycles. The van der Waals surface area contributed by atoms with Gasteiger partial charge < -0.3 is 9.84 Å². The number of hydrogen-bond donors (Lipinski definition) is 1. The van der Waals surface area contributed by atoms with Crippen LogP contribution in [0.2, 0.25) is 0 Å². The highest BCUT2D eigenvalue weighted by Gasteiger charge is 2.22. The second kappa shape index (κ2) is 5.84. The molecule has 0 saturated heterocycles. The van der Waals surface area contributed by atoms with Crippen molar-refractivity contribution in [2.45, 2.75) is 46.5 Å². The molecule has 15 heavy (non-hydrogen) atoms. The molecule has 1 N–H and O–H groups in total. The van der Waals surface area contributed by atoms with Gasteiger partial charge in [0.2, 0.25) is 0 Å². The van der Waals surface area contributed by atoms with Gasteiger partial charge in [-0.25, -0.2) is 0 Å². The maximum absolute atomic E-state index is 9.33. The summed E-state index contributed by atoms with van der Waals surface area (Å²) in [6.07, 6.45) is 6.08. The Hall–Kier alpha value is -0.920. The van der Waals surface area contributed by atoms with Gasteiger partial charge >= 0.3 is 0 Å². The fourth-order valence-electron chi connectivity index (χ4n) is 1.44. The van der Waals surface area contributed by atoms with Crippen LogP contribution < -0.4 is 0 Å². The molecule has 86 valence electrons. The average Bonchev–Trinajstić information content (AvgIpc) is 3.06. The van der Waals surface area contributed by atoms with Crippen molar-refractivity contribution < 1.29 is 9.84 Å². The van der Waals surface area contributed by atoms with E-state index in [0.717, 1.165) is 31.1 Å². The topological polar surface area (TPSA) is 29.5 Å². The van der Waals surface area contributed by atoms with Crippen LogP contribution in [-0.4, -0.2) is 11.7 Å². The van der Waals surface area contributed by atoms with Crippen molar-refractivity contribution in [3.05, 3.63) is 23.2 Å². The van der Waals surface area contributed by atoms with Gasteiger partial charge in [0.25, 0.3) is 0 Å². The molecule has 0 aliphatic heterocycles. The third-order valence-electron chi connectivity index (χ3n) is 2.65. The number of aliphatic hydroxyl groups excluding tert-OH is 1. The Morgan fingerprint density at radius 2 is 2.00 bits per heavy atom. The maximum Gasteiger partial charge on any atom is 0.121 e. The summed E-state index contributed by atoms with van der Waals surface area (Å²) in [6, 6.07) is 0. The first-order chi connectivity index (χ1) is 7.25. The first kappa shape index (κ1) is 12.2. The minimum Gasteiger partial charge on any atom is -0.512 e. The fraction of sp³-hybridized carbons (Fsp3) is 0.692. The van der Waals surface area contributed by atoms with E-state index in [1.807, 2.05) is 13.8 Å². The van der Waals surface area contributed by atoms with Crippen LogP contribution in [-0.2, 0) is 4.74 Å². The first-order valence-electron chi connectivity index (χ1n) is 5.98. The van der Waals surface area contributed by atoms with E-state index < -0.39 is 0 Å². The molecule has 1 saturated carbocycles. The standard InChI is InChI=1S/C11H16O2.C2H6/c1-8-2-5-10(12)6-11(8)13-7-9-3-4-9;1-2/h6,9,12H,2-5,7H2,1H3;1-2H3. The van der Waals surface area contributed by atoms with Crippen LogP contribution in [0.15, 0.2) is 23.2 Å². The minimum atomic E-state index is 0.455. The summed E-state index contributed by atoms with van der Waals surface area (Å²) in [6.45, 7) is 6.90. The summed E-state index contributed by atoms with van der Waals surface area (Å²) < 4.78 is 5.63. The minimum absolute atomic E-state index is 0.455. The van der Waals surface area contributed by atoms with Crippen LogP contribution in [0, 0.1) is 5.92 Å². The Morgan fingerprint density at radius 3 is 2.60 bits per heavy atom. The molecule has 1 fully saturated rings. The van der Waals surface area contributed by atoms with E-state index in [-0.39, 0.29) is 0 Å². The molecule has 2 heteroatoms. The molecule has 2 aliphatic rings. The van der Waals surface area contributed by atoms with E-state index in [0.29, 0.717) is 5.76 Å². The van der Waals surface area contributed by atoms with Crippen molar-refractivity contribution in [3.8, 4) is 0 Å². The van der Waals surface area contributed by atoms with Gasteiger partial charge in [0.15, 0.2) is 0 Å². The van der Waals surface area contributed by atoms with E-state index in [1.165, 1.54) is 18.4 Å². The zero-order chi connectivity index (χ0) is 11.3. The van der Waals surface area contributed by atoms with Crippen molar-refractivity contribution in [1.29, 1.82) is 0 Å². The molecule has 0 atom stereocenters. The van der Waals surface area contributed by atoms with Gasteiger partial charge in [0.1, 0.15) is 5.76 Å². The number of rotatable bonds is 3. The van der Waals surface area contributed by atoms with Gasteiger partial charge in [0, 0.05) is 12.5 Å². The largest absolute Gasteiger partial charge is 0.512 e. The van der Waals surface area contributed by atoms with Gasteiger partial charge in [-0.2, -0.15) is 0 Å². The summed E-state index contributed by atoms with van der Waals surface area (Å²) in [7, 11) is 0. The summed E-state index contributed by atoms with van der Waals surface area (Å²) in [5.74, 6) is 2.13. The van der Waals surface area contributed by atoms with Gasteiger partial charge in [-0.1, -0.05) is 13.8 Å². The Kier molecular flexibility index (Phi) is 4.73. The zero-order valence-electron chi connectivity index (χ0n) is 10.0. The third-order valence-corrected chi connectivity index (χ3v) is 2.65. The predicted molar refractivity (Wildman–Crippen MR) is 62.7 cm³/mol. The fourth-order valence-corrected chi connectivity index (χ4v) is 1.44. The molecule has 0 bridgehead atoms. The highest BCUT2D eigenvalue weighted by Crippen LogP contribution is 2.31. The highest BCUT2D eigenvalue weighted by molar-refractivity contribution is 5.25. The summed E-state index contributed by atoms with van der Waals surface area (Å²) >= 11 is 0. The molecule has 2 aliphatic carbocycles. The van der Waals surface area contributed by atoms with E-state index in [9.17, 15) is 5.11 Å². The van der Waals surface area contributed by atoms with Crippen molar-refractivity contribution >= 4 is 0 Å². The van der Waals surface area contributed by atoms with Gasteiger partial charge in [0.05, 0.1) is 12.4 Å². The molecule has 0 spiro atoms. The highest BCUT2D eigenvalue weighted by atomic mass is 16.5. The number of ether oxygens (including phenoxy) is 1. The van der Waals surface area contributed by atoms with Crippen LogP contribution >= 0.6 is 0 Å². The molecule has 0 aromatic heterocycles. The van der Waals surface area contributed by atoms with Crippen LogP contribution in [0.3, 0.4) is 0 Å². The van der Waals surface area contributed by atoms with Crippen molar-refractivity contribution in [3.63, 3.8) is 0 Å². The van der Waals surface area contributed by atoms with E-state index in [1.54, 1.807) is 6.08 Å². The van der Waals surface area contributed by atoms with Crippen molar-refractivity contribution in [2.24, 2.45) is 5.92 Å². The number of allylic oxidation sites excluding steroid dienone is 3. The van der Waals surface area contributed by atoms with E-state index in [2.05, 4.69) is 6.92 Å². The SMILES string of the molecule is CC.CC1=C(OCC2CC2)C=C(O)CC1. The lowest BCUT2D eigenvalue weighted by Crippen LogP contribution is -2.02. The molecule has 0 unspecified atom stereocenters. The quantitative estimate of drug-likeness (QED) is 0.764. The Labute approximate surface area is 92.6 Å². The molecule has 0 radical (unpaired) electrons. The Morgan fingerprint density at radius 1 is 1.33 bits per heavy atom. The molecule has 0 aromatic rings. The zero-order valence-corrected chi connectivity index (χ0v) is 10.0. The number of aliphatic hydroxyl groups is 1. The molecule has 2 rings (SSSR count). The van der Waals surface area contributed by atoms with Crippen LogP contribution in [0.1, 0.15) is 46.5 Å². The average molecular weight is 210 g/mol. The smallest absolute Gasteiger partial charge is 0.121 e.